The predicted molar refractivity (Wildman–Crippen MR) is 143 cm³/mol. The Balaban J connectivity index is 1.57. The first kappa shape index (κ1) is 25.3. The lowest BCUT2D eigenvalue weighted by Gasteiger charge is -2.36. The van der Waals surface area contributed by atoms with Gasteiger partial charge >= 0.3 is 6.09 Å². The number of aromatic nitrogens is 3. The number of rotatable bonds is 2. The third-order valence-electron chi connectivity index (χ3n) is 5.63. The molecule has 0 bridgehead atoms. The van der Waals surface area contributed by atoms with Gasteiger partial charge in [-0.15, -0.1) is 5.54 Å². The fourth-order valence-corrected chi connectivity index (χ4v) is 4.45. The summed E-state index contributed by atoms with van der Waals surface area (Å²) in [5, 5.41) is 14.0. The second-order valence-electron chi connectivity index (χ2n) is 11.0. The Kier molecular flexibility index (Phi) is 6.79. The molecular weight excluding hydrogens is 468 g/mol. The number of ether oxygens (including phenoxy) is 1. The largest absolute Gasteiger partial charge is 0.444 e. The third-order valence-corrected chi connectivity index (χ3v) is 6.50. The van der Waals surface area contributed by atoms with Gasteiger partial charge in [-0.25, -0.2) is 14.3 Å². The van der Waals surface area contributed by atoms with Gasteiger partial charge < -0.3 is 14.5 Å². The molecule has 0 unspecified atom stereocenters. The molecule has 3 aromatic rings. The summed E-state index contributed by atoms with van der Waals surface area (Å²) in [5.74, 6) is 4.15. The highest BCUT2D eigenvalue weighted by atomic mass is 28.3. The molecule has 0 aromatic carbocycles. The van der Waals surface area contributed by atoms with E-state index in [0.717, 1.165) is 28.0 Å². The number of hydrogen-bond donors (Lipinski definition) is 0. The molecule has 1 aliphatic heterocycles. The van der Waals surface area contributed by atoms with Gasteiger partial charge in [0.25, 0.3) is 0 Å². The summed E-state index contributed by atoms with van der Waals surface area (Å²) in [6.07, 6.45) is 5.01. The van der Waals surface area contributed by atoms with Gasteiger partial charge in [0.15, 0.2) is 0 Å². The van der Waals surface area contributed by atoms with Crippen molar-refractivity contribution in [3.8, 4) is 28.7 Å². The van der Waals surface area contributed by atoms with Crippen LogP contribution in [-0.2, 0) is 4.74 Å². The molecule has 0 N–H and O–H groups in total. The van der Waals surface area contributed by atoms with Crippen LogP contribution in [0.3, 0.4) is 0 Å². The summed E-state index contributed by atoms with van der Waals surface area (Å²) in [6, 6.07) is 8.26. The lowest BCUT2D eigenvalue weighted by molar-refractivity contribution is 0.0240. The molecule has 1 saturated heterocycles. The molecule has 3 aromatic heterocycles. The van der Waals surface area contributed by atoms with Gasteiger partial charge in [-0.1, -0.05) is 25.6 Å². The predicted octanol–water partition coefficient (Wildman–Crippen LogP) is 4.55. The number of anilines is 1. The van der Waals surface area contributed by atoms with E-state index < -0.39 is 13.7 Å². The van der Waals surface area contributed by atoms with Crippen molar-refractivity contribution in [1.29, 1.82) is 5.26 Å². The summed E-state index contributed by atoms with van der Waals surface area (Å²) in [4.78, 5) is 21.0. The van der Waals surface area contributed by atoms with Crippen LogP contribution in [0.25, 0.3) is 16.6 Å². The van der Waals surface area contributed by atoms with E-state index >= 15 is 0 Å². The van der Waals surface area contributed by atoms with Crippen LogP contribution in [0.4, 0.5) is 10.6 Å². The van der Waals surface area contributed by atoms with Crippen molar-refractivity contribution < 1.29 is 9.53 Å². The molecule has 4 heterocycles. The molecule has 0 saturated carbocycles. The molecule has 0 aliphatic carbocycles. The third kappa shape index (κ3) is 5.87. The van der Waals surface area contributed by atoms with Crippen LogP contribution in [0.1, 0.15) is 31.9 Å². The maximum absolute atomic E-state index is 12.4. The zero-order valence-electron chi connectivity index (χ0n) is 21.8. The van der Waals surface area contributed by atoms with Gasteiger partial charge in [-0.2, -0.15) is 10.4 Å². The number of carbonyl (C=O) groups excluding carboxylic acids is 1. The number of pyridine rings is 2. The monoisotopic (exact) mass is 500 g/mol. The Hall–Kier alpha value is -3.82. The molecule has 36 heavy (non-hydrogen) atoms. The fraction of sp³-hybridized carbons (Fsp3) is 0.407. The van der Waals surface area contributed by atoms with Crippen LogP contribution in [0.15, 0.2) is 36.8 Å². The first-order valence-electron chi connectivity index (χ1n) is 12.1. The van der Waals surface area contributed by atoms with E-state index in [2.05, 4.69) is 47.2 Å². The molecule has 1 amide bonds. The summed E-state index contributed by atoms with van der Waals surface area (Å²) in [7, 11) is -1.55. The molecule has 8 nitrogen and oxygen atoms in total. The highest BCUT2D eigenvalue weighted by Crippen LogP contribution is 2.29. The number of carbonyl (C=O) groups is 1. The second kappa shape index (κ2) is 9.67. The minimum absolute atomic E-state index is 0.277. The van der Waals surface area contributed by atoms with E-state index in [0.29, 0.717) is 31.7 Å². The molecule has 9 heteroatoms. The van der Waals surface area contributed by atoms with Crippen LogP contribution in [-0.4, -0.2) is 65.4 Å². The molecule has 0 spiro atoms. The number of hydrogen-bond acceptors (Lipinski definition) is 6. The quantitative estimate of drug-likeness (QED) is 0.379. The van der Waals surface area contributed by atoms with Gasteiger partial charge in [0.2, 0.25) is 0 Å². The van der Waals surface area contributed by atoms with E-state index in [9.17, 15) is 10.1 Å². The lowest BCUT2D eigenvalue weighted by Crippen LogP contribution is -2.50. The van der Waals surface area contributed by atoms with Gasteiger partial charge in [0, 0.05) is 55.3 Å². The van der Waals surface area contributed by atoms with Crippen molar-refractivity contribution in [1.82, 2.24) is 19.5 Å². The Morgan fingerprint density at radius 1 is 1.11 bits per heavy atom. The highest BCUT2D eigenvalue weighted by Gasteiger charge is 2.26. The van der Waals surface area contributed by atoms with Crippen LogP contribution >= 0.6 is 0 Å². The molecule has 0 atom stereocenters. The maximum Gasteiger partial charge on any atom is 0.410 e. The standard InChI is InChI=1S/C27H32N6O2Si/c1-27(2,3)35-26(34)32-12-10-31(11-13-32)24-8-7-21(17-29-24)23-15-20(9-14-36(4,5)6)19-33-25(23)22(16-28)18-30-33/h7-8,15,17-19H,10-13H2,1-6H3. The molecule has 186 valence electrons. The molecule has 0 radical (unpaired) electrons. The topological polar surface area (TPSA) is 86.8 Å². The summed E-state index contributed by atoms with van der Waals surface area (Å²) >= 11 is 0. The van der Waals surface area contributed by atoms with Gasteiger partial charge in [-0.05, 0) is 39.0 Å². The van der Waals surface area contributed by atoms with Crippen LogP contribution in [0, 0.1) is 22.8 Å². The number of nitrogens with zero attached hydrogens (tertiary/aromatic N) is 6. The van der Waals surface area contributed by atoms with Crippen LogP contribution < -0.4 is 4.90 Å². The van der Waals surface area contributed by atoms with Crippen molar-refractivity contribution in [2.75, 3.05) is 31.1 Å². The maximum atomic E-state index is 12.4. The molecular formula is C27H32N6O2Si. The molecule has 1 fully saturated rings. The minimum atomic E-state index is -1.55. The number of nitriles is 1. The normalized spacial score (nSPS) is 14.2. The molecule has 4 rings (SSSR count). The Bertz CT molecular complexity index is 1370. The summed E-state index contributed by atoms with van der Waals surface area (Å²) in [6.45, 7) is 14.8. The lowest BCUT2D eigenvalue weighted by atomic mass is 10.0. The second-order valence-corrected chi connectivity index (χ2v) is 15.7. The van der Waals surface area contributed by atoms with E-state index in [1.165, 1.54) is 0 Å². The first-order chi connectivity index (χ1) is 16.9. The number of piperazine rings is 1. The number of amides is 1. The zero-order chi connectivity index (χ0) is 26.1. The van der Waals surface area contributed by atoms with Gasteiger partial charge in [0.05, 0.1) is 17.3 Å². The van der Waals surface area contributed by atoms with Crippen molar-refractivity contribution in [2.24, 2.45) is 0 Å². The highest BCUT2D eigenvalue weighted by molar-refractivity contribution is 6.83. The van der Waals surface area contributed by atoms with Gasteiger partial charge in [0.1, 0.15) is 25.6 Å². The van der Waals surface area contributed by atoms with Crippen LogP contribution in [0.2, 0.25) is 19.6 Å². The van der Waals surface area contributed by atoms with E-state index in [1.54, 1.807) is 15.6 Å². The summed E-state index contributed by atoms with van der Waals surface area (Å²) < 4.78 is 7.22. The summed E-state index contributed by atoms with van der Waals surface area (Å²) in [5.41, 5.74) is 6.78. The smallest absolute Gasteiger partial charge is 0.410 e. The van der Waals surface area contributed by atoms with Crippen molar-refractivity contribution in [3.63, 3.8) is 0 Å². The number of fused-ring (bicyclic) bond motifs is 1. The zero-order valence-corrected chi connectivity index (χ0v) is 22.8. The van der Waals surface area contributed by atoms with Crippen LogP contribution in [0.5, 0.6) is 0 Å². The fourth-order valence-electron chi connectivity index (χ4n) is 3.93. The molecule has 1 aliphatic rings. The van der Waals surface area contributed by atoms with Gasteiger partial charge in [-0.3, -0.25) is 0 Å². The first-order valence-corrected chi connectivity index (χ1v) is 15.6. The van der Waals surface area contributed by atoms with Crippen molar-refractivity contribution >= 4 is 25.5 Å². The average molecular weight is 501 g/mol. The van der Waals surface area contributed by atoms with E-state index in [-0.39, 0.29) is 6.09 Å². The average Bonchev–Trinajstić information content (AvgIpc) is 3.24. The minimum Gasteiger partial charge on any atom is -0.444 e. The van der Waals surface area contributed by atoms with E-state index in [4.69, 9.17) is 9.72 Å². The Labute approximate surface area is 213 Å². The Morgan fingerprint density at radius 2 is 1.83 bits per heavy atom. The van der Waals surface area contributed by atoms with E-state index in [1.807, 2.05) is 51.4 Å². The Morgan fingerprint density at radius 3 is 2.42 bits per heavy atom. The van der Waals surface area contributed by atoms with Crippen molar-refractivity contribution in [2.45, 2.75) is 46.0 Å². The van der Waals surface area contributed by atoms with Crippen molar-refractivity contribution in [3.05, 3.63) is 47.9 Å². The SMILES string of the molecule is CC(C)(C)OC(=O)N1CCN(c2ccc(-c3cc(C#C[Si](C)(C)C)cn4ncc(C#N)c34)cn2)CC1.